The van der Waals surface area contributed by atoms with E-state index in [0.717, 1.165) is 47.3 Å². The van der Waals surface area contributed by atoms with E-state index in [4.69, 9.17) is 9.72 Å². The molecule has 0 fully saturated rings. The van der Waals surface area contributed by atoms with Gasteiger partial charge in [-0.1, -0.05) is 35.9 Å². The highest BCUT2D eigenvalue weighted by atomic mass is 32.2. The summed E-state index contributed by atoms with van der Waals surface area (Å²) in [5.41, 5.74) is 3.65. The number of aryl methyl sites for hydroxylation is 2. The first-order valence-corrected chi connectivity index (χ1v) is 12.4. The van der Waals surface area contributed by atoms with Gasteiger partial charge in [-0.2, -0.15) is 5.26 Å². The second-order valence-electron chi connectivity index (χ2n) is 7.39. The molecule has 0 saturated carbocycles. The van der Waals surface area contributed by atoms with Crippen molar-refractivity contribution in [2.75, 3.05) is 17.7 Å². The second-order valence-corrected chi connectivity index (χ2v) is 9.39. The third-order valence-corrected chi connectivity index (χ3v) is 7.07. The summed E-state index contributed by atoms with van der Waals surface area (Å²) in [5.74, 6) is 0.813. The van der Waals surface area contributed by atoms with Crippen LogP contribution in [0.2, 0.25) is 0 Å². The van der Waals surface area contributed by atoms with E-state index in [1.807, 2.05) is 31.2 Å². The number of ether oxygens (including phenoxy) is 1. The number of rotatable bonds is 6. The zero-order valence-corrected chi connectivity index (χ0v) is 19.1. The van der Waals surface area contributed by atoms with E-state index in [0.29, 0.717) is 22.3 Å². The van der Waals surface area contributed by atoms with E-state index < -0.39 is 0 Å². The van der Waals surface area contributed by atoms with Gasteiger partial charge in [0, 0.05) is 5.69 Å². The number of thiazole rings is 1. The smallest absolute Gasteiger partial charge is 0.236 e. The minimum atomic E-state index is -0.161. The molecule has 8 heteroatoms. The number of amides is 1. The average Bonchev–Trinajstić information content (AvgIpc) is 3.14. The van der Waals surface area contributed by atoms with Crippen LogP contribution in [0.15, 0.2) is 29.3 Å². The van der Waals surface area contributed by atoms with Gasteiger partial charge >= 0.3 is 0 Å². The van der Waals surface area contributed by atoms with Crippen molar-refractivity contribution in [3.05, 3.63) is 41.1 Å². The first kappa shape index (κ1) is 21.6. The Kier molecular flexibility index (Phi) is 7.05. The van der Waals surface area contributed by atoms with Crippen molar-refractivity contribution in [2.45, 2.75) is 50.5 Å². The number of hydrogen-bond donors (Lipinski definition) is 1. The normalized spacial score (nSPS) is 13.7. The van der Waals surface area contributed by atoms with Crippen molar-refractivity contribution in [2.24, 2.45) is 0 Å². The Morgan fingerprint density at radius 2 is 2.06 bits per heavy atom. The number of nitrogens with zero attached hydrogens (tertiary/aromatic N) is 3. The molecule has 0 saturated heterocycles. The van der Waals surface area contributed by atoms with Crippen LogP contribution in [-0.2, 0) is 17.6 Å². The number of thioether (sulfide) groups is 1. The molecule has 0 bridgehead atoms. The second kappa shape index (κ2) is 10.1. The number of pyridine rings is 1. The summed E-state index contributed by atoms with van der Waals surface area (Å²) < 4.78 is 6.48. The van der Waals surface area contributed by atoms with Gasteiger partial charge in [0.15, 0.2) is 5.13 Å². The number of nitriles is 1. The lowest BCUT2D eigenvalue weighted by atomic mass is 9.96. The highest BCUT2D eigenvalue weighted by Crippen LogP contribution is 2.30. The van der Waals surface area contributed by atoms with E-state index in [9.17, 15) is 10.1 Å². The summed E-state index contributed by atoms with van der Waals surface area (Å²) in [6, 6.07) is 9.92. The Bertz CT molecular complexity index is 1140. The molecule has 0 aliphatic heterocycles. The van der Waals surface area contributed by atoms with Gasteiger partial charge in [0.25, 0.3) is 0 Å². The molecule has 0 spiro atoms. The Balaban J connectivity index is 1.43. The van der Waals surface area contributed by atoms with Crippen molar-refractivity contribution in [1.29, 1.82) is 5.26 Å². The predicted molar refractivity (Wildman–Crippen MR) is 125 cm³/mol. The molecular formula is C23H24N4O2S2. The first-order chi connectivity index (χ1) is 15.2. The van der Waals surface area contributed by atoms with Crippen LogP contribution >= 0.6 is 23.1 Å². The summed E-state index contributed by atoms with van der Waals surface area (Å²) in [5, 5.41) is 13.6. The maximum absolute atomic E-state index is 12.5. The summed E-state index contributed by atoms with van der Waals surface area (Å²) in [6.45, 7) is 2.55. The highest BCUT2D eigenvalue weighted by Gasteiger charge is 2.16. The molecule has 2 aromatic heterocycles. The van der Waals surface area contributed by atoms with Gasteiger partial charge in [-0.05, 0) is 62.4 Å². The lowest BCUT2D eigenvalue weighted by Crippen LogP contribution is -2.14. The van der Waals surface area contributed by atoms with E-state index in [1.165, 1.54) is 41.5 Å². The molecule has 1 aromatic carbocycles. The molecule has 1 aliphatic rings. The van der Waals surface area contributed by atoms with Crippen LogP contribution in [0, 0.1) is 11.3 Å². The van der Waals surface area contributed by atoms with Gasteiger partial charge in [-0.3, -0.25) is 4.79 Å². The van der Waals surface area contributed by atoms with Crippen LogP contribution in [0.25, 0.3) is 10.2 Å². The van der Waals surface area contributed by atoms with Crippen molar-refractivity contribution >= 4 is 44.4 Å². The maximum atomic E-state index is 12.5. The van der Waals surface area contributed by atoms with E-state index in [2.05, 4.69) is 16.4 Å². The fourth-order valence-corrected chi connectivity index (χ4v) is 5.35. The van der Waals surface area contributed by atoms with Crippen LogP contribution in [0.3, 0.4) is 0 Å². The number of benzene rings is 1. The number of aromatic nitrogens is 2. The molecule has 2 heterocycles. The molecule has 3 aromatic rings. The van der Waals surface area contributed by atoms with E-state index >= 15 is 0 Å². The van der Waals surface area contributed by atoms with Gasteiger partial charge in [0.2, 0.25) is 5.91 Å². The lowest BCUT2D eigenvalue weighted by molar-refractivity contribution is -0.113. The molecule has 0 unspecified atom stereocenters. The van der Waals surface area contributed by atoms with Crippen molar-refractivity contribution in [3.8, 4) is 11.8 Å². The molecule has 6 nitrogen and oxygen atoms in total. The molecule has 1 amide bonds. The van der Waals surface area contributed by atoms with Crippen LogP contribution in [0.4, 0.5) is 5.13 Å². The fourth-order valence-electron chi connectivity index (χ4n) is 3.66. The fraction of sp³-hybridized carbons (Fsp3) is 0.391. The number of hydrogen-bond acceptors (Lipinski definition) is 7. The van der Waals surface area contributed by atoms with Gasteiger partial charge in [0.1, 0.15) is 16.8 Å². The number of anilines is 1. The molecule has 31 heavy (non-hydrogen) atoms. The van der Waals surface area contributed by atoms with Crippen LogP contribution in [0.5, 0.6) is 5.75 Å². The minimum Gasteiger partial charge on any atom is -0.494 e. The molecule has 0 radical (unpaired) electrons. The molecule has 160 valence electrons. The zero-order chi connectivity index (χ0) is 21.6. The summed E-state index contributed by atoms with van der Waals surface area (Å²) in [7, 11) is 0. The molecular weight excluding hydrogens is 428 g/mol. The number of nitrogens with one attached hydrogen (secondary N) is 1. The third kappa shape index (κ3) is 5.35. The van der Waals surface area contributed by atoms with Gasteiger partial charge in [-0.25, -0.2) is 9.97 Å². The summed E-state index contributed by atoms with van der Waals surface area (Å²) >= 11 is 2.73. The molecule has 1 N–H and O–H groups in total. The maximum Gasteiger partial charge on any atom is 0.236 e. The predicted octanol–water partition coefficient (Wildman–Crippen LogP) is 5.35. The lowest BCUT2D eigenvalue weighted by Gasteiger charge is -2.15. The largest absolute Gasteiger partial charge is 0.494 e. The van der Waals surface area contributed by atoms with Gasteiger partial charge in [-0.15, -0.1) is 0 Å². The van der Waals surface area contributed by atoms with Crippen LogP contribution in [0.1, 0.15) is 49.4 Å². The number of carbonyl (C=O) groups is 1. The van der Waals surface area contributed by atoms with Crippen LogP contribution < -0.4 is 10.1 Å². The Morgan fingerprint density at radius 1 is 1.23 bits per heavy atom. The molecule has 1 aliphatic carbocycles. The summed E-state index contributed by atoms with van der Waals surface area (Å²) in [6.07, 6.45) is 6.64. The zero-order valence-electron chi connectivity index (χ0n) is 17.4. The molecule has 4 rings (SSSR count). The van der Waals surface area contributed by atoms with Crippen molar-refractivity contribution in [1.82, 2.24) is 9.97 Å². The standard InChI is InChI=1S/C23H24N4O2S2/c1-2-29-17-9-10-19-20(12-17)31-23(26-19)27-21(28)14-30-22-16(13-24)11-15-7-5-3-4-6-8-18(15)25-22/h9-12H,2-8,14H2,1H3,(H,26,27,28). The van der Waals surface area contributed by atoms with Gasteiger partial charge < -0.3 is 10.1 Å². The Hall–Kier alpha value is -2.63. The highest BCUT2D eigenvalue weighted by molar-refractivity contribution is 8.00. The number of fused-ring (bicyclic) bond motifs is 2. The van der Waals surface area contributed by atoms with Gasteiger partial charge in [0.05, 0.1) is 28.1 Å². The minimum absolute atomic E-state index is 0.161. The topological polar surface area (TPSA) is 87.9 Å². The van der Waals surface area contributed by atoms with Crippen molar-refractivity contribution in [3.63, 3.8) is 0 Å². The Morgan fingerprint density at radius 3 is 2.87 bits per heavy atom. The molecule has 0 atom stereocenters. The third-order valence-electron chi connectivity index (χ3n) is 5.14. The van der Waals surface area contributed by atoms with E-state index in [1.54, 1.807) is 0 Å². The first-order valence-electron chi connectivity index (χ1n) is 10.5. The van der Waals surface area contributed by atoms with Crippen molar-refractivity contribution < 1.29 is 9.53 Å². The van der Waals surface area contributed by atoms with E-state index in [-0.39, 0.29) is 11.7 Å². The average molecular weight is 453 g/mol. The van der Waals surface area contributed by atoms with Crippen LogP contribution in [-0.4, -0.2) is 28.2 Å². The SMILES string of the molecule is CCOc1ccc2nc(NC(=O)CSc3nc4c(cc3C#N)CCCCCC4)sc2c1. The Labute approximate surface area is 190 Å². The quantitative estimate of drug-likeness (QED) is 0.507. The number of carbonyl (C=O) groups excluding carboxylic acids is 1. The summed E-state index contributed by atoms with van der Waals surface area (Å²) in [4.78, 5) is 21.8. The monoisotopic (exact) mass is 452 g/mol.